The van der Waals surface area contributed by atoms with E-state index in [4.69, 9.17) is 15.6 Å². The van der Waals surface area contributed by atoms with Gasteiger partial charge in [-0.2, -0.15) is 0 Å². The smallest absolute Gasteiger partial charge is 0.316 e. The molecule has 1 aliphatic heterocycles. The first kappa shape index (κ1) is 19.8. The van der Waals surface area contributed by atoms with Gasteiger partial charge in [-0.15, -0.1) is 0 Å². The number of hydrogen-bond donors (Lipinski definition) is 4. The van der Waals surface area contributed by atoms with Crippen LogP contribution in [0.3, 0.4) is 0 Å². The summed E-state index contributed by atoms with van der Waals surface area (Å²) in [4.78, 5) is 13.7. The summed E-state index contributed by atoms with van der Waals surface area (Å²) >= 11 is 0. The molecular weight excluding hydrogens is 320 g/mol. The first-order valence-electron chi connectivity index (χ1n) is 9.31. The average molecular weight is 352 g/mol. The number of likely N-dealkylation sites (tertiary alicyclic amines) is 1. The summed E-state index contributed by atoms with van der Waals surface area (Å²) < 4.78 is 4.80. The summed E-state index contributed by atoms with van der Waals surface area (Å²) in [6, 6.07) is 0.538. The molecule has 3 atom stereocenters. The first-order valence-corrected chi connectivity index (χ1v) is 9.31. The molecule has 0 spiro atoms. The number of methoxy groups -OCH3 is 1. The Morgan fingerprint density at radius 3 is 2.52 bits per heavy atom. The SMILES string of the molecule is COC(=O)C(CC(C)=N)C(=N)N1CC[C@@H](NC2CCCCC2)[C@H](O)C1. The normalized spacial score (nSPS) is 26.1. The fraction of sp³-hybridized carbons (Fsp3) is 0.833. The molecule has 142 valence electrons. The Morgan fingerprint density at radius 2 is 1.96 bits per heavy atom. The molecule has 1 saturated carbocycles. The van der Waals surface area contributed by atoms with Crippen molar-refractivity contribution in [2.24, 2.45) is 5.92 Å². The summed E-state index contributed by atoms with van der Waals surface area (Å²) in [5, 5.41) is 30.1. The summed E-state index contributed by atoms with van der Waals surface area (Å²) in [5.41, 5.74) is 0.342. The van der Waals surface area contributed by atoms with Gasteiger partial charge in [0.2, 0.25) is 0 Å². The Balaban J connectivity index is 1.92. The van der Waals surface area contributed by atoms with Crippen LogP contribution in [-0.2, 0) is 9.53 Å². The van der Waals surface area contributed by atoms with Gasteiger partial charge in [-0.25, -0.2) is 0 Å². The summed E-state index contributed by atoms with van der Waals surface area (Å²) in [7, 11) is 1.30. The maximum absolute atomic E-state index is 12.0. The van der Waals surface area contributed by atoms with E-state index >= 15 is 0 Å². The molecule has 25 heavy (non-hydrogen) atoms. The average Bonchev–Trinajstić information content (AvgIpc) is 2.61. The van der Waals surface area contributed by atoms with Crippen LogP contribution in [0.5, 0.6) is 0 Å². The predicted octanol–water partition coefficient (Wildman–Crippen LogP) is 1.54. The number of nitrogens with zero attached hydrogens (tertiary/aromatic N) is 1. The van der Waals surface area contributed by atoms with Gasteiger partial charge in [0.15, 0.2) is 0 Å². The van der Waals surface area contributed by atoms with E-state index in [0.29, 0.717) is 24.8 Å². The highest BCUT2D eigenvalue weighted by atomic mass is 16.5. The molecule has 1 aliphatic carbocycles. The number of aliphatic hydroxyl groups excluding tert-OH is 1. The van der Waals surface area contributed by atoms with Crippen LogP contribution in [0, 0.1) is 16.7 Å². The molecule has 7 heteroatoms. The standard InChI is InChI=1S/C18H32N4O3/c1-12(19)10-14(18(24)25-2)17(20)22-9-8-15(16(23)11-22)21-13-6-4-3-5-7-13/h13-16,19-21,23H,3-11H2,1-2H3/t14?,15-,16-/m1/s1. The van der Waals surface area contributed by atoms with Crippen LogP contribution in [0.15, 0.2) is 0 Å². The van der Waals surface area contributed by atoms with Crippen LogP contribution in [0.4, 0.5) is 0 Å². The second-order valence-electron chi connectivity index (χ2n) is 7.36. The quantitative estimate of drug-likeness (QED) is 0.329. The lowest BCUT2D eigenvalue weighted by molar-refractivity contribution is -0.143. The Morgan fingerprint density at radius 1 is 1.28 bits per heavy atom. The number of esters is 1. The van der Waals surface area contributed by atoms with Crippen molar-refractivity contribution in [2.75, 3.05) is 20.2 Å². The topological polar surface area (TPSA) is 110 Å². The number of amidine groups is 1. The molecule has 2 fully saturated rings. The van der Waals surface area contributed by atoms with E-state index in [9.17, 15) is 9.90 Å². The zero-order chi connectivity index (χ0) is 18.4. The number of ether oxygens (including phenoxy) is 1. The Labute approximate surface area is 150 Å². The molecule has 0 bridgehead atoms. The second kappa shape index (κ2) is 9.29. The number of β-amino-alcohol motifs (C(OH)–C–C–N with tert-alkyl or cyclic N) is 1. The Kier molecular flexibility index (Phi) is 7.38. The fourth-order valence-corrected chi connectivity index (χ4v) is 3.88. The molecule has 2 aliphatic rings. The van der Waals surface area contributed by atoms with Crippen LogP contribution in [0.1, 0.15) is 51.9 Å². The van der Waals surface area contributed by atoms with E-state index in [1.807, 2.05) is 0 Å². The van der Waals surface area contributed by atoms with Gasteiger partial charge in [-0.05, 0) is 26.2 Å². The van der Waals surface area contributed by atoms with Gasteiger partial charge in [0.25, 0.3) is 0 Å². The molecule has 4 N–H and O–H groups in total. The van der Waals surface area contributed by atoms with Crippen LogP contribution < -0.4 is 5.32 Å². The van der Waals surface area contributed by atoms with Crippen LogP contribution in [0.25, 0.3) is 0 Å². The molecule has 0 aromatic carbocycles. The molecule has 7 nitrogen and oxygen atoms in total. The zero-order valence-electron chi connectivity index (χ0n) is 15.4. The molecule has 0 aromatic heterocycles. The minimum absolute atomic E-state index is 0.0493. The molecule has 0 radical (unpaired) electrons. The van der Waals surface area contributed by atoms with Gasteiger partial charge < -0.3 is 25.5 Å². The van der Waals surface area contributed by atoms with Crippen molar-refractivity contribution in [3.05, 3.63) is 0 Å². The van der Waals surface area contributed by atoms with E-state index in [0.717, 1.165) is 6.42 Å². The van der Waals surface area contributed by atoms with E-state index < -0.39 is 18.0 Å². The van der Waals surface area contributed by atoms with Crippen molar-refractivity contribution in [1.29, 1.82) is 10.8 Å². The van der Waals surface area contributed by atoms with Gasteiger partial charge in [0.1, 0.15) is 11.8 Å². The monoisotopic (exact) mass is 352 g/mol. The van der Waals surface area contributed by atoms with Gasteiger partial charge in [-0.3, -0.25) is 10.2 Å². The molecular formula is C18H32N4O3. The van der Waals surface area contributed by atoms with E-state index in [2.05, 4.69) is 5.32 Å². The molecule has 0 aromatic rings. The van der Waals surface area contributed by atoms with Crippen molar-refractivity contribution in [3.8, 4) is 0 Å². The Bertz CT molecular complexity index is 491. The number of hydrogen-bond acceptors (Lipinski definition) is 6. The highest BCUT2D eigenvalue weighted by Crippen LogP contribution is 2.22. The maximum atomic E-state index is 12.0. The largest absolute Gasteiger partial charge is 0.468 e. The number of carbonyl (C=O) groups excluding carboxylic acids is 1. The molecule has 1 saturated heterocycles. The van der Waals surface area contributed by atoms with Crippen LogP contribution >= 0.6 is 0 Å². The van der Waals surface area contributed by atoms with Crippen LogP contribution in [-0.4, -0.2) is 65.9 Å². The van der Waals surface area contributed by atoms with Crippen LogP contribution in [0.2, 0.25) is 0 Å². The lowest BCUT2D eigenvalue weighted by atomic mass is 9.92. The van der Waals surface area contributed by atoms with E-state index in [1.54, 1.807) is 11.8 Å². The third-order valence-corrected chi connectivity index (χ3v) is 5.30. The molecule has 1 unspecified atom stereocenters. The lowest BCUT2D eigenvalue weighted by Crippen LogP contribution is -2.57. The first-order chi connectivity index (χ1) is 11.9. The molecule has 2 rings (SSSR count). The van der Waals surface area contributed by atoms with Crippen molar-refractivity contribution in [2.45, 2.75) is 70.1 Å². The number of aliphatic hydroxyl groups is 1. The minimum atomic E-state index is -0.766. The van der Waals surface area contributed by atoms with Crippen molar-refractivity contribution >= 4 is 17.5 Å². The maximum Gasteiger partial charge on any atom is 0.316 e. The van der Waals surface area contributed by atoms with E-state index in [-0.39, 0.29) is 18.3 Å². The van der Waals surface area contributed by atoms with Gasteiger partial charge >= 0.3 is 5.97 Å². The predicted molar refractivity (Wildman–Crippen MR) is 97.2 cm³/mol. The van der Waals surface area contributed by atoms with E-state index in [1.165, 1.54) is 39.2 Å². The lowest BCUT2D eigenvalue weighted by Gasteiger charge is -2.40. The van der Waals surface area contributed by atoms with Crippen molar-refractivity contribution in [1.82, 2.24) is 10.2 Å². The number of nitrogens with one attached hydrogen (secondary N) is 3. The number of piperidine rings is 1. The highest BCUT2D eigenvalue weighted by molar-refractivity contribution is 6.02. The molecule has 1 heterocycles. The fourth-order valence-electron chi connectivity index (χ4n) is 3.88. The van der Waals surface area contributed by atoms with Gasteiger partial charge in [-0.1, -0.05) is 19.3 Å². The van der Waals surface area contributed by atoms with Crippen molar-refractivity contribution < 1.29 is 14.6 Å². The highest BCUT2D eigenvalue weighted by Gasteiger charge is 2.35. The van der Waals surface area contributed by atoms with Gasteiger partial charge in [0, 0.05) is 37.3 Å². The number of carbonyl (C=O) groups is 1. The summed E-state index contributed by atoms with van der Waals surface area (Å²) in [6.45, 7) is 2.59. The summed E-state index contributed by atoms with van der Waals surface area (Å²) in [6.07, 6.45) is 6.52. The number of rotatable bonds is 6. The van der Waals surface area contributed by atoms with Crippen molar-refractivity contribution in [3.63, 3.8) is 0 Å². The minimum Gasteiger partial charge on any atom is -0.468 e. The zero-order valence-corrected chi connectivity index (χ0v) is 15.4. The van der Waals surface area contributed by atoms with Gasteiger partial charge in [0.05, 0.1) is 13.2 Å². The third-order valence-electron chi connectivity index (χ3n) is 5.30. The summed E-state index contributed by atoms with van der Waals surface area (Å²) in [5.74, 6) is -1.11. The third kappa shape index (κ3) is 5.51. The Hall–Kier alpha value is -1.47. The molecule has 0 amide bonds. The second-order valence-corrected chi connectivity index (χ2v) is 7.36.